The van der Waals surface area contributed by atoms with Crippen molar-refractivity contribution in [3.63, 3.8) is 0 Å². The maximum atomic E-state index is 13.6. The van der Waals surface area contributed by atoms with Gasteiger partial charge in [-0.15, -0.1) is 0 Å². The highest BCUT2D eigenvalue weighted by Crippen LogP contribution is 2.41. The maximum Gasteiger partial charge on any atom is 0.295 e. The van der Waals surface area contributed by atoms with E-state index < -0.39 is 6.04 Å². The van der Waals surface area contributed by atoms with E-state index in [0.29, 0.717) is 28.8 Å². The normalized spacial score (nSPS) is 15.4. The molecule has 0 saturated heterocycles. The standard InChI is InChI=1S/C25H18BrNO4/c1-2-30-18-11-8-15(9-12-18)22-21-23(28)19-14-16(26)10-13-20(19)31-24(21)25(29)27(22)17-6-4-3-5-7-17/h3-14,22H,2H2,1H3. The monoisotopic (exact) mass is 475 g/mol. The number of benzene rings is 3. The van der Waals surface area contributed by atoms with Crippen molar-refractivity contribution in [1.29, 1.82) is 0 Å². The summed E-state index contributed by atoms with van der Waals surface area (Å²) in [5.74, 6) is 0.487. The van der Waals surface area contributed by atoms with Gasteiger partial charge in [-0.05, 0) is 55.0 Å². The Morgan fingerprint density at radius 2 is 1.74 bits per heavy atom. The van der Waals surface area contributed by atoms with Gasteiger partial charge < -0.3 is 9.15 Å². The lowest BCUT2D eigenvalue weighted by molar-refractivity contribution is 0.0971. The fourth-order valence-corrected chi connectivity index (χ4v) is 4.39. The van der Waals surface area contributed by atoms with E-state index in [1.54, 1.807) is 23.1 Å². The summed E-state index contributed by atoms with van der Waals surface area (Å²) in [6.45, 7) is 2.48. The third kappa shape index (κ3) is 3.24. The first-order chi connectivity index (χ1) is 15.1. The molecule has 5 nitrogen and oxygen atoms in total. The third-order valence-electron chi connectivity index (χ3n) is 5.37. The minimum absolute atomic E-state index is 0.0857. The fourth-order valence-electron chi connectivity index (χ4n) is 4.03. The molecule has 3 aromatic carbocycles. The molecular weight excluding hydrogens is 458 g/mol. The molecule has 1 amide bonds. The molecular formula is C25H18BrNO4. The average Bonchev–Trinajstić information content (AvgIpc) is 3.08. The van der Waals surface area contributed by atoms with Crippen LogP contribution in [0, 0.1) is 0 Å². The van der Waals surface area contributed by atoms with Crippen molar-refractivity contribution in [2.75, 3.05) is 11.5 Å². The van der Waals surface area contributed by atoms with Gasteiger partial charge in [0.15, 0.2) is 5.43 Å². The predicted octanol–water partition coefficient (Wildman–Crippen LogP) is 5.70. The zero-order chi connectivity index (χ0) is 21.5. The van der Waals surface area contributed by atoms with Gasteiger partial charge in [0.25, 0.3) is 5.91 Å². The number of hydrogen-bond donors (Lipinski definition) is 0. The Morgan fingerprint density at radius 1 is 1.00 bits per heavy atom. The van der Waals surface area contributed by atoms with Crippen LogP contribution in [0.2, 0.25) is 0 Å². The molecule has 1 aliphatic heterocycles. The molecule has 5 rings (SSSR count). The van der Waals surface area contributed by atoms with E-state index in [4.69, 9.17) is 9.15 Å². The molecule has 0 aliphatic carbocycles. The lowest BCUT2D eigenvalue weighted by Crippen LogP contribution is -2.29. The summed E-state index contributed by atoms with van der Waals surface area (Å²) >= 11 is 3.42. The van der Waals surface area contributed by atoms with Crippen LogP contribution < -0.4 is 15.1 Å². The molecule has 1 atom stereocenters. The van der Waals surface area contributed by atoms with Gasteiger partial charge in [-0.2, -0.15) is 0 Å². The molecule has 154 valence electrons. The largest absolute Gasteiger partial charge is 0.494 e. The minimum Gasteiger partial charge on any atom is -0.494 e. The van der Waals surface area contributed by atoms with Crippen molar-refractivity contribution in [3.05, 3.63) is 104 Å². The van der Waals surface area contributed by atoms with Crippen molar-refractivity contribution in [1.82, 2.24) is 0 Å². The number of carbonyl (C=O) groups is 1. The van der Waals surface area contributed by atoms with E-state index in [2.05, 4.69) is 15.9 Å². The van der Waals surface area contributed by atoms with Gasteiger partial charge in [-0.25, -0.2) is 0 Å². The molecule has 6 heteroatoms. The van der Waals surface area contributed by atoms with Crippen molar-refractivity contribution in [2.24, 2.45) is 0 Å². The Morgan fingerprint density at radius 3 is 2.45 bits per heavy atom. The van der Waals surface area contributed by atoms with Crippen LogP contribution in [0.25, 0.3) is 11.0 Å². The van der Waals surface area contributed by atoms with E-state index in [1.165, 1.54) is 0 Å². The van der Waals surface area contributed by atoms with Crippen LogP contribution in [-0.4, -0.2) is 12.5 Å². The second-order valence-electron chi connectivity index (χ2n) is 7.23. The smallest absolute Gasteiger partial charge is 0.295 e. The Labute approximate surface area is 187 Å². The van der Waals surface area contributed by atoms with Gasteiger partial charge in [0.2, 0.25) is 5.76 Å². The SMILES string of the molecule is CCOc1ccc(C2c3c(oc4ccc(Br)cc4c3=O)C(=O)N2c2ccccc2)cc1. The number of fused-ring (bicyclic) bond motifs is 2. The molecule has 0 fully saturated rings. The second kappa shape index (κ2) is 7.71. The zero-order valence-electron chi connectivity index (χ0n) is 16.7. The van der Waals surface area contributed by atoms with Crippen LogP contribution >= 0.6 is 15.9 Å². The fraction of sp³-hybridized carbons (Fsp3) is 0.120. The number of rotatable bonds is 4. The van der Waals surface area contributed by atoms with Crippen LogP contribution in [0.3, 0.4) is 0 Å². The van der Waals surface area contributed by atoms with Gasteiger partial charge in [0, 0.05) is 10.2 Å². The number of nitrogens with zero attached hydrogens (tertiary/aromatic N) is 1. The van der Waals surface area contributed by atoms with Crippen molar-refractivity contribution in [2.45, 2.75) is 13.0 Å². The summed E-state index contributed by atoms with van der Waals surface area (Å²) in [6.07, 6.45) is 0. The maximum absolute atomic E-state index is 13.6. The molecule has 0 saturated carbocycles. The first-order valence-corrected chi connectivity index (χ1v) is 10.8. The summed E-state index contributed by atoms with van der Waals surface area (Å²) in [7, 11) is 0. The van der Waals surface area contributed by atoms with Crippen LogP contribution in [0.1, 0.15) is 34.6 Å². The molecule has 0 N–H and O–H groups in total. The number of para-hydroxylation sites is 1. The topological polar surface area (TPSA) is 59.8 Å². The number of hydrogen-bond acceptors (Lipinski definition) is 4. The van der Waals surface area contributed by atoms with E-state index in [0.717, 1.165) is 15.8 Å². The molecule has 1 aliphatic rings. The predicted molar refractivity (Wildman–Crippen MR) is 123 cm³/mol. The van der Waals surface area contributed by atoms with E-state index in [9.17, 15) is 9.59 Å². The molecule has 0 radical (unpaired) electrons. The number of carbonyl (C=O) groups excluding carboxylic acids is 1. The van der Waals surface area contributed by atoms with Crippen molar-refractivity contribution >= 4 is 38.5 Å². The lowest BCUT2D eigenvalue weighted by Gasteiger charge is -2.25. The molecule has 31 heavy (non-hydrogen) atoms. The highest BCUT2D eigenvalue weighted by molar-refractivity contribution is 9.10. The second-order valence-corrected chi connectivity index (χ2v) is 8.15. The van der Waals surface area contributed by atoms with Crippen LogP contribution in [0.15, 0.2) is 86.5 Å². The molecule has 0 spiro atoms. The summed E-state index contributed by atoms with van der Waals surface area (Å²) in [5, 5.41) is 0.437. The summed E-state index contributed by atoms with van der Waals surface area (Å²) in [5.41, 5.74) is 2.04. The third-order valence-corrected chi connectivity index (χ3v) is 5.87. The Bertz CT molecular complexity index is 1350. The number of amides is 1. The van der Waals surface area contributed by atoms with Gasteiger partial charge in [-0.1, -0.05) is 46.3 Å². The van der Waals surface area contributed by atoms with Gasteiger partial charge in [0.05, 0.1) is 23.6 Å². The van der Waals surface area contributed by atoms with Crippen LogP contribution in [-0.2, 0) is 0 Å². The molecule has 1 unspecified atom stereocenters. The number of halogens is 1. The zero-order valence-corrected chi connectivity index (χ0v) is 18.3. The van der Waals surface area contributed by atoms with Crippen LogP contribution in [0.5, 0.6) is 5.75 Å². The summed E-state index contributed by atoms with van der Waals surface area (Å²) in [4.78, 5) is 28.7. The van der Waals surface area contributed by atoms with Gasteiger partial charge in [-0.3, -0.25) is 14.5 Å². The minimum atomic E-state index is -0.597. The number of anilines is 1. The first kappa shape index (κ1) is 19.6. The first-order valence-electron chi connectivity index (χ1n) is 9.96. The lowest BCUT2D eigenvalue weighted by atomic mass is 9.98. The Hall–Kier alpha value is -3.38. The van der Waals surface area contributed by atoms with Crippen molar-refractivity contribution < 1.29 is 13.9 Å². The van der Waals surface area contributed by atoms with E-state index >= 15 is 0 Å². The van der Waals surface area contributed by atoms with Gasteiger partial charge >= 0.3 is 0 Å². The summed E-state index contributed by atoms with van der Waals surface area (Å²) in [6, 6.07) is 21.4. The Kier molecular flexibility index (Phi) is 4.87. The highest BCUT2D eigenvalue weighted by Gasteiger charge is 2.43. The van der Waals surface area contributed by atoms with Crippen LogP contribution in [0.4, 0.5) is 5.69 Å². The van der Waals surface area contributed by atoms with Crippen molar-refractivity contribution in [3.8, 4) is 5.75 Å². The number of ether oxygens (including phenoxy) is 1. The quantitative estimate of drug-likeness (QED) is 0.379. The average molecular weight is 476 g/mol. The molecule has 2 heterocycles. The molecule has 0 bridgehead atoms. The highest BCUT2D eigenvalue weighted by atomic mass is 79.9. The van der Waals surface area contributed by atoms with E-state index in [-0.39, 0.29) is 17.1 Å². The van der Waals surface area contributed by atoms with Gasteiger partial charge in [0.1, 0.15) is 11.3 Å². The Balaban J connectivity index is 1.76. The molecule has 4 aromatic rings. The molecule has 1 aromatic heterocycles. The van der Waals surface area contributed by atoms with E-state index in [1.807, 2.05) is 61.5 Å². The summed E-state index contributed by atoms with van der Waals surface area (Å²) < 4.78 is 12.3.